The number of rotatable bonds is 5. The molecule has 0 aromatic heterocycles. The zero-order chi connectivity index (χ0) is 12.8. The second-order valence-corrected chi connectivity index (χ2v) is 4.22. The highest BCUT2D eigenvalue weighted by Crippen LogP contribution is 2.13. The Morgan fingerprint density at radius 3 is 2.35 bits per heavy atom. The maximum absolute atomic E-state index is 12.2. The second kappa shape index (κ2) is 6.25. The van der Waals surface area contributed by atoms with E-state index in [1.807, 2.05) is 13.8 Å². The van der Waals surface area contributed by atoms with E-state index >= 15 is 0 Å². The van der Waals surface area contributed by atoms with E-state index in [-0.39, 0.29) is 24.3 Å². The van der Waals surface area contributed by atoms with Crippen LogP contribution < -0.4 is 0 Å². The van der Waals surface area contributed by atoms with Gasteiger partial charge in [-0.25, -0.2) is 0 Å². The smallest absolute Gasteiger partial charge is 0.254 e. The molecule has 1 aromatic rings. The Balaban J connectivity index is 2.80. The van der Waals surface area contributed by atoms with Gasteiger partial charge in [-0.2, -0.15) is 0 Å². The molecule has 0 radical (unpaired) electrons. The third-order valence-corrected chi connectivity index (χ3v) is 2.56. The lowest BCUT2D eigenvalue weighted by molar-refractivity contribution is 0.0693. The molecule has 0 aliphatic carbocycles. The average Bonchev–Trinajstić information content (AvgIpc) is 2.29. The Bertz CT molecular complexity index is 359. The van der Waals surface area contributed by atoms with Gasteiger partial charge in [-0.1, -0.05) is 0 Å². The third kappa shape index (κ3) is 3.75. The highest BCUT2D eigenvalue weighted by molar-refractivity contribution is 5.94. The van der Waals surface area contributed by atoms with Crippen LogP contribution in [0.1, 0.15) is 30.6 Å². The number of benzene rings is 1. The Labute approximate surface area is 101 Å². The summed E-state index contributed by atoms with van der Waals surface area (Å²) in [6.07, 6.45) is 0.571. The predicted octanol–water partition coefficient (Wildman–Crippen LogP) is 1.63. The monoisotopic (exact) mass is 237 g/mol. The number of carbonyl (C=O) groups is 1. The molecular weight excluding hydrogens is 218 g/mol. The number of nitrogens with zero attached hydrogens (tertiary/aromatic N) is 1. The molecule has 0 aliphatic rings. The Hall–Kier alpha value is -1.55. The molecule has 1 aromatic carbocycles. The summed E-state index contributed by atoms with van der Waals surface area (Å²) in [5.74, 6) is 0.0708. The first-order valence-corrected chi connectivity index (χ1v) is 5.77. The van der Waals surface area contributed by atoms with E-state index < -0.39 is 0 Å². The molecule has 0 atom stereocenters. The van der Waals surface area contributed by atoms with Crippen LogP contribution in [0.15, 0.2) is 24.3 Å². The van der Waals surface area contributed by atoms with Crippen LogP contribution in [0, 0.1) is 0 Å². The van der Waals surface area contributed by atoms with Crippen LogP contribution in [0.5, 0.6) is 5.75 Å². The summed E-state index contributed by atoms with van der Waals surface area (Å²) < 4.78 is 0. The third-order valence-electron chi connectivity index (χ3n) is 2.56. The summed E-state index contributed by atoms with van der Waals surface area (Å²) in [7, 11) is 0. The number of aliphatic hydroxyl groups excluding tert-OH is 1. The van der Waals surface area contributed by atoms with Gasteiger partial charge in [0.25, 0.3) is 5.91 Å². The first kappa shape index (κ1) is 13.5. The number of phenols is 1. The number of aliphatic hydroxyl groups is 1. The van der Waals surface area contributed by atoms with Crippen LogP contribution in [0.2, 0.25) is 0 Å². The predicted molar refractivity (Wildman–Crippen MR) is 66.0 cm³/mol. The lowest BCUT2D eigenvalue weighted by atomic mass is 10.1. The summed E-state index contributed by atoms with van der Waals surface area (Å²) in [6, 6.07) is 6.29. The van der Waals surface area contributed by atoms with Gasteiger partial charge in [0, 0.05) is 24.8 Å². The largest absolute Gasteiger partial charge is 0.508 e. The van der Waals surface area contributed by atoms with Crippen LogP contribution in [0.25, 0.3) is 0 Å². The quantitative estimate of drug-likeness (QED) is 0.818. The minimum atomic E-state index is -0.0755. The molecular formula is C13H19NO3. The summed E-state index contributed by atoms with van der Waals surface area (Å²) in [6.45, 7) is 4.49. The number of hydrogen-bond acceptors (Lipinski definition) is 3. The minimum Gasteiger partial charge on any atom is -0.508 e. The minimum absolute atomic E-state index is 0.0755. The molecule has 0 saturated carbocycles. The van der Waals surface area contributed by atoms with E-state index in [2.05, 4.69) is 0 Å². The van der Waals surface area contributed by atoms with E-state index in [0.29, 0.717) is 18.5 Å². The van der Waals surface area contributed by atoms with E-state index in [0.717, 1.165) is 0 Å². The molecule has 0 heterocycles. The van der Waals surface area contributed by atoms with Crippen LogP contribution in [-0.2, 0) is 0 Å². The summed E-state index contributed by atoms with van der Waals surface area (Å²) >= 11 is 0. The fourth-order valence-electron chi connectivity index (χ4n) is 1.61. The molecule has 2 N–H and O–H groups in total. The number of aromatic hydroxyl groups is 1. The van der Waals surface area contributed by atoms with Gasteiger partial charge in [-0.05, 0) is 44.5 Å². The van der Waals surface area contributed by atoms with Gasteiger partial charge in [-0.3, -0.25) is 4.79 Å². The van der Waals surface area contributed by atoms with Crippen molar-refractivity contribution < 1.29 is 15.0 Å². The van der Waals surface area contributed by atoms with Crippen molar-refractivity contribution in [2.45, 2.75) is 26.3 Å². The van der Waals surface area contributed by atoms with Crippen LogP contribution in [-0.4, -0.2) is 40.2 Å². The maximum Gasteiger partial charge on any atom is 0.254 e. The maximum atomic E-state index is 12.2. The topological polar surface area (TPSA) is 60.8 Å². The molecule has 0 bridgehead atoms. The number of hydrogen-bond donors (Lipinski definition) is 2. The fourth-order valence-corrected chi connectivity index (χ4v) is 1.61. The molecule has 17 heavy (non-hydrogen) atoms. The van der Waals surface area contributed by atoms with Crippen molar-refractivity contribution in [3.63, 3.8) is 0 Å². The molecule has 4 heteroatoms. The number of carbonyl (C=O) groups excluding carboxylic acids is 1. The SMILES string of the molecule is CC(C)N(CCCO)C(=O)c1ccc(O)cc1. The second-order valence-electron chi connectivity index (χ2n) is 4.22. The van der Waals surface area contributed by atoms with Crippen molar-refractivity contribution in [3.05, 3.63) is 29.8 Å². The van der Waals surface area contributed by atoms with Crippen molar-refractivity contribution in [1.82, 2.24) is 4.90 Å². The summed E-state index contributed by atoms with van der Waals surface area (Å²) in [5.41, 5.74) is 0.550. The van der Waals surface area contributed by atoms with Gasteiger partial charge in [0.15, 0.2) is 0 Å². The average molecular weight is 237 g/mol. The zero-order valence-corrected chi connectivity index (χ0v) is 10.3. The van der Waals surface area contributed by atoms with Gasteiger partial charge >= 0.3 is 0 Å². The van der Waals surface area contributed by atoms with Crippen molar-refractivity contribution in [2.75, 3.05) is 13.2 Å². The van der Waals surface area contributed by atoms with Crippen molar-refractivity contribution in [1.29, 1.82) is 0 Å². The molecule has 0 aliphatic heterocycles. The van der Waals surface area contributed by atoms with Gasteiger partial charge in [0.05, 0.1) is 0 Å². The number of phenolic OH excluding ortho intramolecular Hbond substituents is 1. The summed E-state index contributed by atoms with van der Waals surface area (Å²) in [4.78, 5) is 13.9. The Kier molecular flexibility index (Phi) is 4.97. The normalized spacial score (nSPS) is 10.6. The molecule has 0 spiro atoms. The first-order valence-electron chi connectivity index (χ1n) is 5.77. The molecule has 0 saturated heterocycles. The van der Waals surface area contributed by atoms with Crippen LogP contribution >= 0.6 is 0 Å². The van der Waals surface area contributed by atoms with Gasteiger partial charge in [0.2, 0.25) is 0 Å². The first-order chi connectivity index (χ1) is 8.06. The standard InChI is InChI=1S/C13H19NO3/c1-10(2)14(8-3-9-15)13(17)11-4-6-12(16)7-5-11/h4-7,10,15-16H,3,8-9H2,1-2H3. The zero-order valence-electron chi connectivity index (χ0n) is 10.3. The van der Waals surface area contributed by atoms with E-state index in [4.69, 9.17) is 10.2 Å². The van der Waals surface area contributed by atoms with Gasteiger partial charge in [0.1, 0.15) is 5.75 Å². The number of amides is 1. The van der Waals surface area contributed by atoms with E-state index in [1.165, 1.54) is 12.1 Å². The Morgan fingerprint density at radius 1 is 1.29 bits per heavy atom. The molecule has 0 unspecified atom stereocenters. The van der Waals surface area contributed by atoms with Crippen LogP contribution in [0.3, 0.4) is 0 Å². The lowest BCUT2D eigenvalue weighted by Gasteiger charge is -2.26. The van der Waals surface area contributed by atoms with Crippen molar-refractivity contribution in [2.24, 2.45) is 0 Å². The Morgan fingerprint density at radius 2 is 1.88 bits per heavy atom. The van der Waals surface area contributed by atoms with Crippen molar-refractivity contribution >= 4 is 5.91 Å². The van der Waals surface area contributed by atoms with E-state index in [9.17, 15) is 4.79 Å². The van der Waals surface area contributed by atoms with Gasteiger partial charge in [-0.15, -0.1) is 0 Å². The highest BCUT2D eigenvalue weighted by atomic mass is 16.3. The van der Waals surface area contributed by atoms with Gasteiger partial charge < -0.3 is 15.1 Å². The molecule has 4 nitrogen and oxygen atoms in total. The molecule has 1 amide bonds. The summed E-state index contributed by atoms with van der Waals surface area (Å²) in [5, 5.41) is 18.0. The lowest BCUT2D eigenvalue weighted by Crippen LogP contribution is -2.38. The molecule has 94 valence electrons. The molecule has 1 rings (SSSR count). The molecule has 0 fully saturated rings. The highest BCUT2D eigenvalue weighted by Gasteiger charge is 2.17. The fraction of sp³-hybridized carbons (Fsp3) is 0.462. The van der Waals surface area contributed by atoms with Crippen molar-refractivity contribution in [3.8, 4) is 5.75 Å². The van der Waals surface area contributed by atoms with E-state index in [1.54, 1.807) is 17.0 Å². The van der Waals surface area contributed by atoms with Crippen LogP contribution in [0.4, 0.5) is 0 Å².